The van der Waals surface area contributed by atoms with Crippen molar-refractivity contribution in [2.45, 2.75) is 6.42 Å². The third-order valence-electron chi connectivity index (χ3n) is 4.33. The molecule has 0 atom stereocenters. The first-order valence-corrected chi connectivity index (χ1v) is 8.59. The number of nitrogens with one attached hydrogen (secondary N) is 2. The number of hydrazone groups is 1. The zero-order valence-corrected chi connectivity index (χ0v) is 15.2. The van der Waals surface area contributed by atoms with Crippen LogP contribution in [0.3, 0.4) is 0 Å². The molecular weight excluding hydrogens is 380 g/mol. The average molecular weight is 395 g/mol. The molecule has 0 amide bonds. The Hall–Kier alpha value is -3.95. The van der Waals surface area contributed by atoms with Gasteiger partial charge in [-0.25, -0.2) is 18.9 Å². The van der Waals surface area contributed by atoms with E-state index in [0.29, 0.717) is 22.5 Å². The summed E-state index contributed by atoms with van der Waals surface area (Å²) in [6, 6.07) is 8.09. The molecule has 0 radical (unpaired) electrons. The predicted molar refractivity (Wildman–Crippen MR) is 104 cm³/mol. The van der Waals surface area contributed by atoms with E-state index in [2.05, 4.69) is 30.8 Å². The predicted octanol–water partition coefficient (Wildman–Crippen LogP) is 2.37. The first-order valence-electron chi connectivity index (χ1n) is 8.59. The van der Waals surface area contributed by atoms with Gasteiger partial charge in [-0.3, -0.25) is 14.9 Å². The first-order chi connectivity index (χ1) is 14.0. The maximum absolute atomic E-state index is 14.1. The van der Waals surface area contributed by atoms with Crippen molar-refractivity contribution in [3.05, 3.63) is 81.8 Å². The minimum Gasteiger partial charge on any atom is -0.278 e. The van der Waals surface area contributed by atoms with Crippen molar-refractivity contribution in [3.8, 4) is 0 Å². The number of benzene rings is 2. The Morgan fingerprint density at radius 3 is 2.72 bits per heavy atom. The highest BCUT2D eigenvalue weighted by atomic mass is 19.1. The van der Waals surface area contributed by atoms with Crippen molar-refractivity contribution < 1.29 is 8.78 Å². The van der Waals surface area contributed by atoms with Crippen LogP contribution in [0.5, 0.6) is 0 Å². The quantitative estimate of drug-likeness (QED) is 0.399. The van der Waals surface area contributed by atoms with E-state index in [4.69, 9.17) is 0 Å². The highest BCUT2D eigenvalue weighted by Crippen LogP contribution is 2.26. The molecule has 8 nitrogen and oxygen atoms in total. The smallest absolute Gasteiger partial charge is 0.272 e. The molecular formula is C19H15F2N7O. The number of halogens is 2. The third-order valence-corrected chi connectivity index (χ3v) is 4.33. The van der Waals surface area contributed by atoms with Gasteiger partial charge in [-0.1, -0.05) is 12.1 Å². The average Bonchev–Trinajstić information content (AvgIpc) is 3.10. The van der Waals surface area contributed by atoms with Crippen LogP contribution in [0.2, 0.25) is 0 Å². The molecule has 2 N–H and O–H groups in total. The molecule has 0 spiro atoms. The van der Waals surface area contributed by atoms with Gasteiger partial charge in [0.1, 0.15) is 23.8 Å². The number of hydrogen-bond donors (Lipinski definition) is 2. The van der Waals surface area contributed by atoms with Crippen LogP contribution in [0.1, 0.15) is 17.1 Å². The van der Waals surface area contributed by atoms with Crippen LogP contribution >= 0.6 is 0 Å². The van der Waals surface area contributed by atoms with E-state index in [9.17, 15) is 13.6 Å². The van der Waals surface area contributed by atoms with Crippen LogP contribution in [0.4, 0.5) is 14.5 Å². The summed E-state index contributed by atoms with van der Waals surface area (Å²) in [4.78, 5) is 16.4. The van der Waals surface area contributed by atoms with E-state index in [-0.39, 0.29) is 23.3 Å². The van der Waals surface area contributed by atoms with Crippen LogP contribution in [-0.2, 0) is 13.5 Å². The molecule has 2 heterocycles. The van der Waals surface area contributed by atoms with Gasteiger partial charge in [-0.2, -0.15) is 15.3 Å². The molecule has 29 heavy (non-hydrogen) atoms. The molecule has 2 aromatic carbocycles. The van der Waals surface area contributed by atoms with Crippen LogP contribution in [0, 0.1) is 11.6 Å². The largest absolute Gasteiger partial charge is 0.278 e. The molecule has 0 aliphatic rings. The highest BCUT2D eigenvalue weighted by Gasteiger charge is 2.15. The number of H-pyrrole nitrogens is 1. The molecule has 0 aliphatic heterocycles. The van der Waals surface area contributed by atoms with Crippen molar-refractivity contribution in [2.75, 3.05) is 5.43 Å². The van der Waals surface area contributed by atoms with Crippen molar-refractivity contribution in [2.24, 2.45) is 12.1 Å². The van der Waals surface area contributed by atoms with E-state index in [1.165, 1.54) is 30.7 Å². The van der Waals surface area contributed by atoms with Crippen molar-refractivity contribution in [1.29, 1.82) is 0 Å². The number of rotatable bonds is 5. The lowest BCUT2D eigenvalue weighted by molar-refractivity contribution is 0.627. The van der Waals surface area contributed by atoms with Gasteiger partial charge in [0, 0.05) is 12.4 Å². The molecule has 0 fully saturated rings. The van der Waals surface area contributed by atoms with Crippen LogP contribution < -0.4 is 11.0 Å². The van der Waals surface area contributed by atoms with E-state index >= 15 is 0 Å². The standard InChI is InChI=1S/C19H15F2N7O/c1-28-17(22-10-24-28)8-16-18-14(19(29)27-26-16)6-13(21)7-15(18)25-23-9-11-2-4-12(20)5-3-11/h2-7,9-10,25H,8H2,1H3,(H,27,29). The molecule has 0 saturated carbocycles. The maximum atomic E-state index is 14.1. The van der Waals surface area contributed by atoms with Gasteiger partial charge < -0.3 is 0 Å². The molecule has 0 bridgehead atoms. The molecule has 4 aromatic rings. The minimum absolute atomic E-state index is 0.136. The molecule has 146 valence electrons. The summed E-state index contributed by atoms with van der Waals surface area (Å²) < 4.78 is 28.7. The second-order valence-corrected chi connectivity index (χ2v) is 6.27. The second-order valence-electron chi connectivity index (χ2n) is 6.27. The summed E-state index contributed by atoms with van der Waals surface area (Å²) >= 11 is 0. The number of fused-ring (bicyclic) bond motifs is 1. The second kappa shape index (κ2) is 7.58. The van der Waals surface area contributed by atoms with Gasteiger partial charge in [0.25, 0.3) is 5.56 Å². The molecule has 2 aromatic heterocycles. The molecule has 0 aliphatic carbocycles. The monoisotopic (exact) mass is 395 g/mol. The normalized spacial score (nSPS) is 11.4. The van der Waals surface area contributed by atoms with Gasteiger partial charge in [-0.05, 0) is 29.8 Å². The number of anilines is 1. The third kappa shape index (κ3) is 3.86. The lowest BCUT2D eigenvalue weighted by Gasteiger charge is -2.10. The SMILES string of the molecule is Cn1ncnc1Cc1n[nH]c(=O)c2cc(F)cc(NN=Cc3ccc(F)cc3)c12. The Balaban J connectivity index is 1.75. The zero-order valence-electron chi connectivity index (χ0n) is 15.2. The van der Waals surface area contributed by atoms with Crippen LogP contribution in [0.25, 0.3) is 10.8 Å². The fourth-order valence-electron chi connectivity index (χ4n) is 2.90. The Morgan fingerprint density at radius 1 is 1.21 bits per heavy atom. The van der Waals surface area contributed by atoms with Gasteiger partial charge in [0.15, 0.2) is 0 Å². The summed E-state index contributed by atoms with van der Waals surface area (Å²) in [5.74, 6) is -0.334. The van der Waals surface area contributed by atoms with Gasteiger partial charge in [0.2, 0.25) is 0 Å². The zero-order chi connectivity index (χ0) is 20.4. The Bertz CT molecular complexity index is 1260. The summed E-state index contributed by atoms with van der Waals surface area (Å²) in [6.07, 6.45) is 3.14. The number of aromatic nitrogens is 5. The number of hydrogen-bond acceptors (Lipinski definition) is 6. The fourth-order valence-corrected chi connectivity index (χ4v) is 2.90. The van der Waals surface area contributed by atoms with Gasteiger partial charge >= 0.3 is 0 Å². The summed E-state index contributed by atoms with van der Waals surface area (Å²) in [5, 5.41) is 15.2. The van der Waals surface area contributed by atoms with Gasteiger partial charge in [-0.15, -0.1) is 0 Å². The van der Waals surface area contributed by atoms with Gasteiger partial charge in [0.05, 0.1) is 29.4 Å². The molecule has 0 saturated heterocycles. The number of nitrogens with zero attached hydrogens (tertiary/aromatic N) is 5. The minimum atomic E-state index is -0.599. The summed E-state index contributed by atoms with van der Waals surface area (Å²) in [5.41, 5.74) is 3.63. The summed E-state index contributed by atoms with van der Waals surface area (Å²) in [7, 11) is 1.74. The van der Waals surface area contributed by atoms with Crippen LogP contribution in [0.15, 0.2) is 52.6 Å². The highest BCUT2D eigenvalue weighted by molar-refractivity contribution is 5.95. The van der Waals surface area contributed by atoms with Crippen molar-refractivity contribution in [3.63, 3.8) is 0 Å². The molecule has 0 unspecified atom stereocenters. The number of aryl methyl sites for hydroxylation is 1. The Morgan fingerprint density at radius 2 is 2.00 bits per heavy atom. The lowest BCUT2D eigenvalue weighted by Crippen LogP contribution is -2.14. The molecule has 4 rings (SSSR count). The topological polar surface area (TPSA) is 101 Å². The van der Waals surface area contributed by atoms with E-state index in [0.717, 1.165) is 6.07 Å². The number of aromatic amines is 1. The molecule has 10 heteroatoms. The lowest BCUT2D eigenvalue weighted by atomic mass is 10.1. The van der Waals surface area contributed by atoms with Crippen molar-refractivity contribution >= 4 is 22.7 Å². The van der Waals surface area contributed by atoms with E-state index < -0.39 is 11.4 Å². The fraction of sp³-hybridized carbons (Fsp3) is 0.105. The van der Waals surface area contributed by atoms with E-state index in [1.54, 1.807) is 23.9 Å². The maximum Gasteiger partial charge on any atom is 0.272 e. The van der Waals surface area contributed by atoms with Crippen LogP contribution in [-0.4, -0.2) is 31.2 Å². The Kier molecular flexibility index (Phi) is 4.82. The summed E-state index contributed by atoms with van der Waals surface area (Å²) in [6.45, 7) is 0. The van der Waals surface area contributed by atoms with E-state index in [1.807, 2.05) is 0 Å². The van der Waals surface area contributed by atoms with Crippen molar-refractivity contribution in [1.82, 2.24) is 25.0 Å². The first kappa shape index (κ1) is 18.4. The Labute approximate surface area is 162 Å².